The maximum atomic E-state index is 12.9. The molecule has 3 heterocycles. The van der Waals surface area contributed by atoms with Gasteiger partial charge in [-0.3, -0.25) is 4.98 Å². The average Bonchev–Trinajstić information content (AvgIpc) is 2.73. The minimum Gasteiger partial charge on any atom is -0.381 e. The number of amidine groups is 1. The number of allylic oxidation sites excluding steroid dienone is 2. The van der Waals surface area contributed by atoms with Gasteiger partial charge in [-0.05, 0) is 42.5 Å². The van der Waals surface area contributed by atoms with Crippen molar-refractivity contribution in [1.82, 2.24) is 15.2 Å². The number of pyridine rings is 1. The molecule has 0 saturated carbocycles. The Balaban J connectivity index is 1.65. The lowest BCUT2D eigenvalue weighted by molar-refractivity contribution is -0.137. The largest absolute Gasteiger partial charge is 0.416 e. The number of benzene rings is 1. The molecule has 2 aliphatic rings. The number of nitrogens with one attached hydrogen (secondary N) is 2. The molecule has 32 heavy (non-hydrogen) atoms. The number of likely N-dealkylation sites (N-methyl/N-ethyl adjacent to an activating group) is 1. The van der Waals surface area contributed by atoms with Gasteiger partial charge in [0.05, 0.1) is 22.9 Å². The molecule has 0 fully saturated rings. The molecule has 0 saturated heterocycles. The van der Waals surface area contributed by atoms with Crippen molar-refractivity contribution in [2.75, 3.05) is 26.1 Å². The summed E-state index contributed by atoms with van der Waals surface area (Å²) in [5.74, 6) is 0.585. The highest BCUT2D eigenvalue weighted by Gasteiger charge is 2.34. The standard InChI is InChI=1S/C22H21ClF3N5O/c1-31-11-13(19-16(23)4-3-9-27-19)10-17-20(31)21(30-18(29-17)12-32-2)28-15-7-5-14(6-8-15)22(24,25)26/h3-11,18,20,29H,12H2,1-2H3,(H,28,30). The topological polar surface area (TPSA) is 61.8 Å². The quantitative estimate of drug-likeness (QED) is 0.704. The van der Waals surface area contributed by atoms with Crippen LogP contribution in [0.15, 0.2) is 65.6 Å². The van der Waals surface area contributed by atoms with Crippen molar-refractivity contribution >= 4 is 28.7 Å². The van der Waals surface area contributed by atoms with Gasteiger partial charge in [0.15, 0.2) is 0 Å². The van der Waals surface area contributed by atoms with Gasteiger partial charge >= 0.3 is 6.18 Å². The zero-order valence-corrected chi connectivity index (χ0v) is 18.1. The van der Waals surface area contributed by atoms with E-state index in [2.05, 4.69) is 20.6 Å². The van der Waals surface area contributed by atoms with Crippen LogP contribution in [0.1, 0.15) is 11.3 Å². The van der Waals surface area contributed by atoms with Crippen LogP contribution in [0.5, 0.6) is 0 Å². The SMILES string of the molecule is COCC1N=C(Nc2ccc(C(F)(F)F)cc2)C2C(=CC(c3ncccc3Cl)=CN2C)N1. The zero-order valence-electron chi connectivity index (χ0n) is 17.3. The van der Waals surface area contributed by atoms with Crippen LogP contribution in [0.4, 0.5) is 18.9 Å². The van der Waals surface area contributed by atoms with Gasteiger partial charge in [-0.15, -0.1) is 0 Å². The summed E-state index contributed by atoms with van der Waals surface area (Å²) in [6.45, 7) is 0.315. The molecule has 2 atom stereocenters. The minimum absolute atomic E-state index is 0.295. The number of halogens is 4. The second-order valence-corrected chi connectivity index (χ2v) is 7.82. The second kappa shape index (κ2) is 8.84. The molecule has 1 aromatic carbocycles. The lowest BCUT2D eigenvalue weighted by Crippen LogP contribution is -2.53. The monoisotopic (exact) mass is 463 g/mol. The number of hydrogen-bond acceptors (Lipinski definition) is 6. The van der Waals surface area contributed by atoms with Crippen LogP contribution in [-0.2, 0) is 10.9 Å². The molecule has 0 aliphatic carbocycles. The Morgan fingerprint density at radius 2 is 1.97 bits per heavy atom. The Morgan fingerprint density at radius 3 is 2.62 bits per heavy atom. The van der Waals surface area contributed by atoms with Gasteiger partial charge in [-0.1, -0.05) is 11.6 Å². The molecule has 10 heteroatoms. The van der Waals surface area contributed by atoms with Crippen LogP contribution in [0, 0.1) is 0 Å². The lowest BCUT2D eigenvalue weighted by atomic mass is 9.99. The summed E-state index contributed by atoms with van der Waals surface area (Å²) in [6.07, 6.45) is 0.775. The molecule has 6 nitrogen and oxygen atoms in total. The maximum absolute atomic E-state index is 12.9. The molecule has 2 unspecified atom stereocenters. The summed E-state index contributed by atoms with van der Waals surface area (Å²) in [4.78, 5) is 11.0. The number of fused-ring (bicyclic) bond motifs is 1. The van der Waals surface area contributed by atoms with Crippen LogP contribution < -0.4 is 10.6 Å². The van der Waals surface area contributed by atoms with Gasteiger partial charge in [-0.2, -0.15) is 13.2 Å². The molecule has 168 valence electrons. The van der Waals surface area contributed by atoms with E-state index in [4.69, 9.17) is 16.3 Å². The number of rotatable bonds is 4. The number of ether oxygens (including phenoxy) is 1. The van der Waals surface area contributed by atoms with Crippen molar-refractivity contribution in [2.24, 2.45) is 4.99 Å². The molecular weight excluding hydrogens is 443 g/mol. The molecule has 2 aromatic rings. The normalized spacial score (nSPS) is 20.6. The van der Waals surface area contributed by atoms with Crippen molar-refractivity contribution in [2.45, 2.75) is 18.4 Å². The lowest BCUT2D eigenvalue weighted by Gasteiger charge is -2.39. The molecule has 0 spiro atoms. The Kier molecular flexibility index (Phi) is 6.12. The molecule has 2 N–H and O–H groups in total. The molecule has 1 aromatic heterocycles. The van der Waals surface area contributed by atoms with E-state index < -0.39 is 11.7 Å². The van der Waals surface area contributed by atoms with Gasteiger partial charge in [0.2, 0.25) is 0 Å². The molecule has 0 amide bonds. The smallest absolute Gasteiger partial charge is 0.381 e. The number of hydrogen-bond donors (Lipinski definition) is 2. The van der Waals surface area contributed by atoms with E-state index in [0.29, 0.717) is 28.8 Å². The predicted octanol–water partition coefficient (Wildman–Crippen LogP) is 4.38. The molecular formula is C22H21ClF3N5O. The number of alkyl halides is 3. The third-order valence-electron chi connectivity index (χ3n) is 5.08. The van der Waals surface area contributed by atoms with Gasteiger partial charge in [0.1, 0.15) is 18.0 Å². The minimum atomic E-state index is -4.39. The molecule has 0 radical (unpaired) electrons. The van der Waals surface area contributed by atoms with E-state index in [1.165, 1.54) is 12.1 Å². The van der Waals surface area contributed by atoms with Crippen LogP contribution in [0.3, 0.4) is 0 Å². The van der Waals surface area contributed by atoms with E-state index in [0.717, 1.165) is 23.4 Å². The maximum Gasteiger partial charge on any atom is 0.416 e. The van der Waals surface area contributed by atoms with E-state index in [-0.39, 0.29) is 12.2 Å². The van der Waals surface area contributed by atoms with Crippen LogP contribution in [0.2, 0.25) is 5.02 Å². The summed E-state index contributed by atoms with van der Waals surface area (Å²) >= 11 is 6.33. The van der Waals surface area contributed by atoms with E-state index >= 15 is 0 Å². The summed E-state index contributed by atoms with van der Waals surface area (Å²) < 4.78 is 43.9. The van der Waals surface area contributed by atoms with Crippen molar-refractivity contribution in [3.63, 3.8) is 0 Å². The first kappa shape index (κ1) is 22.2. The zero-order chi connectivity index (χ0) is 22.9. The first-order valence-electron chi connectivity index (χ1n) is 9.80. The number of aliphatic imine (C=N–C) groups is 1. The summed E-state index contributed by atoms with van der Waals surface area (Å²) in [5, 5.41) is 7.07. The van der Waals surface area contributed by atoms with Crippen LogP contribution >= 0.6 is 11.6 Å². The van der Waals surface area contributed by atoms with Gasteiger partial charge in [0.25, 0.3) is 0 Å². The van der Waals surface area contributed by atoms with E-state index in [9.17, 15) is 13.2 Å². The highest BCUT2D eigenvalue weighted by atomic mass is 35.5. The molecule has 2 aliphatic heterocycles. The number of methoxy groups -OCH3 is 1. The van der Waals surface area contributed by atoms with Gasteiger partial charge in [-0.25, -0.2) is 4.99 Å². The highest BCUT2D eigenvalue weighted by Crippen LogP contribution is 2.32. The second-order valence-electron chi connectivity index (χ2n) is 7.42. The average molecular weight is 464 g/mol. The first-order chi connectivity index (χ1) is 15.3. The van der Waals surface area contributed by atoms with E-state index in [1.807, 2.05) is 24.2 Å². The molecule has 0 bridgehead atoms. The highest BCUT2D eigenvalue weighted by molar-refractivity contribution is 6.32. The summed E-state index contributed by atoms with van der Waals surface area (Å²) in [5.41, 5.74) is 2.12. The third-order valence-corrected chi connectivity index (χ3v) is 5.39. The Hall–Kier alpha value is -3.04. The third kappa shape index (κ3) is 4.58. The van der Waals surface area contributed by atoms with Crippen LogP contribution in [0.25, 0.3) is 5.57 Å². The van der Waals surface area contributed by atoms with Crippen LogP contribution in [-0.4, -0.2) is 48.7 Å². The van der Waals surface area contributed by atoms with E-state index in [1.54, 1.807) is 25.4 Å². The van der Waals surface area contributed by atoms with Crippen molar-refractivity contribution in [1.29, 1.82) is 0 Å². The first-order valence-corrected chi connectivity index (χ1v) is 10.2. The number of aromatic nitrogens is 1. The summed E-state index contributed by atoms with van der Waals surface area (Å²) in [7, 11) is 3.46. The van der Waals surface area contributed by atoms with Crippen molar-refractivity contribution in [3.05, 3.63) is 76.8 Å². The fourth-order valence-electron chi connectivity index (χ4n) is 3.68. The Labute approximate surface area is 188 Å². The van der Waals surface area contributed by atoms with Crippen molar-refractivity contribution < 1.29 is 17.9 Å². The number of nitrogens with zero attached hydrogens (tertiary/aromatic N) is 3. The molecule has 4 rings (SSSR count). The Bertz CT molecular complexity index is 1080. The van der Waals surface area contributed by atoms with Crippen molar-refractivity contribution in [3.8, 4) is 0 Å². The fourth-order valence-corrected chi connectivity index (χ4v) is 3.91. The predicted molar refractivity (Wildman–Crippen MR) is 118 cm³/mol. The van der Waals surface area contributed by atoms with Gasteiger partial charge in [0, 0.05) is 43.5 Å². The fraction of sp³-hybridized carbons (Fsp3) is 0.273. The van der Waals surface area contributed by atoms with Gasteiger partial charge < -0.3 is 20.3 Å². The number of anilines is 1. The Morgan fingerprint density at radius 1 is 1.22 bits per heavy atom. The summed E-state index contributed by atoms with van der Waals surface area (Å²) in [6, 6.07) is 8.10.